The van der Waals surface area contributed by atoms with Crippen molar-refractivity contribution in [3.05, 3.63) is 41.8 Å². The topological polar surface area (TPSA) is 37.8 Å². The van der Waals surface area contributed by atoms with Gasteiger partial charge in [-0.25, -0.2) is 9.97 Å². The first kappa shape index (κ1) is 12.8. The molecule has 1 aliphatic rings. The summed E-state index contributed by atoms with van der Waals surface area (Å²) in [6, 6.07) is 12.9. The van der Waals surface area contributed by atoms with Crippen LogP contribution in [0.5, 0.6) is 0 Å². The maximum absolute atomic E-state index is 4.80. The minimum Gasteiger partial charge on any atom is -0.367 e. The second-order valence-corrected chi connectivity index (χ2v) is 6.46. The van der Waals surface area contributed by atoms with Crippen LogP contribution in [0.15, 0.2) is 41.8 Å². The first-order valence-corrected chi connectivity index (χ1v) is 8.35. The van der Waals surface area contributed by atoms with Gasteiger partial charge in [0.05, 0.1) is 10.4 Å². The highest BCUT2D eigenvalue weighted by Gasteiger charge is 2.17. The largest absolute Gasteiger partial charge is 0.367 e. The number of para-hydroxylation sites is 1. The van der Waals surface area contributed by atoms with Crippen molar-refractivity contribution in [1.82, 2.24) is 9.97 Å². The van der Waals surface area contributed by atoms with Crippen LogP contribution in [-0.2, 0) is 0 Å². The van der Waals surface area contributed by atoms with Crippen LogP contribution >= 0.6 is 11.3 Å². The lowest BCUT2D eigenvalue weighted by atomic mass is 10.2. The zero-order valence-corrected chi connectivity index (χ0v) is 12.6. The fourth-order valence-electron chi connectivity index (χ4n) is 2.97. The van der Waals surface area contributed by atoms with Crippen molar-refractivity contribution in [3.63, 3.8) is 0 Å². The van der Waals surface area contributed by atoms with E-state index in [0.29, 0.717) is 6.04 Å². The number of hydrogen-bond donors (Lipinski definition) is 1. The van der Waals surface area contributed by atoms with Gasteiger partial charge in [-0.15, -0.1) is 11.3 Å². The molecule has 4 heteroatoms. The molecule has 0 saturated heterocycles. The van der Waals surface area contributed by atoms with Gasteiger partial charge in [-0.3, -0.25) is 0 Å². The third kappa shape index (κ3) is 2.51. The third-order valence-electron chi connectivity index (χ3n) is 4.04. The Hall–Kier alpha value is -1.94. The number of benzene rings is 1. The molecule has 3 aromatic rings. The molecular formula is C17H17N3S. The Balaban J connectivity index is 1.82. The van der Waals surface area contributed by atoms with Crippen molar-refractivity contribution >= 4 is 28.1 Å². The molecule has 1 saturated carbocycles. The normalized spacial score (nSPS) is 15.6. The molecule has 2 heterocycles. The summed E-state index contributed by atoms with van der Waals surface area (Å²) >= 11 is 1.68. The lowest BCUT2D eigenvalue weighted by Crippen LogP contribution is -2.16. The standard InChI is InChI=1S/C17H17N3S/c1-2-7-12(6-1)18-16-13-8-3-4-9-14(13)19-17(20-16)15-10-5-11-21-15/h3-5,8-12H,1-2,6-7H2,(H,18,19,20). The van der Waals surface area contributed by atoms with Gasteiger partial charge in [-0.05, 0) is 36.4 Å². The molecule has 0 aliphatic heterocycles. The molecule has 1 N–H and O–H groups in total. The smallest absolute Gasteiger partial charge is 0.172 e. The van der Waals surface area contributed by atoms with Gasteiger partial charge >= 0.3 is 0 Å². The van der Waals surface area contributed by atoms with E-state index in [0.717, 1.165) is 27.4 Å². The summed E-state index contributed by atoms with van der Waals surface area (Å²) in [6.07, 6.45) is 5.12. The van der Waals surface area contributed by atoms with Gasteiger partial charge in [0.1, 0.15) is 5.82 Å². The van der Waals surface area contributed by atoms with Gasteiger partial charge < -0.3 is 5.32 Å². The molecular weight excluding hydrogens is 278 g/mol. The predicted molar refractivity (Wildman–Crippen MR) is 88.7 cm³/mol. The second kappa shape index (κ2) is 5.45. The zero-order valence-electron chi connectivity index (χ0n) is 11.7. The van der Waals surface area contributed by atoms with Crippen LogP contribution in [0.3, 0.4) is 0 Å². The maximum Gasteiger partial charge on any atom is 0.172 e. The van der Waals surface area contributed by atoms with Gasteiger partial charge in [0.15, 0.2) is 5.82 Å². The third-order valence-corrected chi connectivity index (χ3v) is 4.91. The summed E-state index contributed by atoms with van der Waals surface area (Å²) in [5.74, 6) is 1.81. The van der Waals surface area contributed by atoms with E-state index in [-0.39, 0.29) is 0 Å². The summed E-state index contributed by atoms with van der Waals surface area (Å²) < 4.78 is 0. The summed E-state index contributed by atoms with van der Waals surface area (Å²) in [5.41, 5.74) is 1.01. The summed E-state index contributed by atoms with van der Waals surface area (Å²) in [6.45, 7) is 0. The average Bonchev–Trinajstić information content (AvgIpc) is 3.20. The molecule has 1 aromatic carbocycles. The number of aromatic nitrogens is 2. The van der Waals surface area contributed by atoms with Gasteiger partial charge in [-0.2, -0.15) is 0 Å². The highest BCUT2D eigenvalue weighted by Crippen LogP contribution is 2.29. The summed E-state index contributed by atoms with van der Waals surface area (Å²) in [7, 11) is 0. The molecule has 1 fully saturated rings. The van der Waals surface area contributed by atoms with E-state index in [1.807, 2.05) is 12.1 Å². The number of nitrogens with one attached hydrogen (secondary N) is 1. The molecule has 21 heavy (non-hydrogen) atoms. The van der Waals surface area contributed by atoms with Crippen LogP contribution in [0.25, 0.3) is 21.6 Å². The maximum atomic E-state index is 4.80. The molecule has 0 spiro atoms. The van der Waals surface area contributed by atoms with Crippen LogP contribution in [0.4, 0.5) is 5.82 Å². The van der Waals surface area contributed by atoms with Crippen LogP contribution in [0.2, 0.25) is 0 Å². The first-order chi connectivity index (χ1) is 10.4. The van der Waals surface area contributed by atoms with Crippen molar-refractivity contribution in [2.75, 3.05) is 5.32 Å². The Labute approximate surface area is 128 Å². The van der Waals surface area contributed by atoms with E-state index in [9.17, 15) is 0 Å². The zero-order chi connectivity index (χ0) is 14.1. The van der Waals surface area contributed by atoms with Gasteiger partial charge in [0.25, 0.3) is 0 Å². The van der Waals surface area contributed by atoms with E-state index < -0.39 is 0 Å². The minimum absolute atomic E-state index is 0.555. The van der Waals surface area contributed by atoms with Crippen molar-refractivity contribution in [2.45, 2.75) is 31.7 Å². The summed E-state index contributed by atoms with van der Waals surface area (Å²) in [5, 5.41) is 6.82. The van der Waals surface area contributed by atoms with Gasteiger partial charge in [0.2, 0.25) is 0 Å². The second-order valence-electron chi connectivity index (χ2n) is 5.52. The fourth-order valence-corrected chi connectivity index (χ4v) is 3.62. The van der Waals surface area contributed by atoms with Crippen LogP contribution in [0.1, 0.15) is 25.7 Å². The van der Waals surface area contributed by atoms with Crippen molar-refractivity contribution in [2.24, 2.45) is 0 Å². The molecule has 4 rings (SSSR count). The van der Waals surface area contributed by atoms with E-state index in [2.05, 4.69) is 35.0 Å². The van der Waals surface area contributed by atoms with Gasteiger partial charge in [-0.1, -0.05) is 31.0 Å². The fraction of sp³-hybridized carbons (Fsp3) is 0.294. The predicted octanol–water partition coefficient (Wildman–Crippen LogP) is 4.71. The van der Waals surface area contributed by atoms with Crippen molar-refractivity contribution in [3.8, 4) is 10.7 Å². The molecule has 1 aliphatic carbocycles. The monoisotopic (exact) mass is 295 g/mol. The van der Waals surface area contributed by atoms with E-state index in [1.54, 1.807) is 11.3 Å². The molecule has 106 valence electrons. The number of fused-ring (bicyclic) bond motifs is 1. The highest BCUT2D eigenvalue weighted by molar-refractivity contribution is 7.13. The quantitative estimate of drug-likeness (QED) is 0.760. The van der Waals surface area contributed by atoms with Crippen molar-refractivity contribution < 1.29 is 0 Å². The van der Waals surface area contributed by atoms with E-state index in [1.165, 1.54) is 25.7 Å². The number of anilines is 1. The molecule has 0 unspecified atom stereocenters. The van der Waals surface area contributed by atoms with Crippen LogP contribution < -0.4 is 5.32 Å². The Morgan fingerprint density at radius 1 is 1.00 bits per heavy atom. The van der Waals surface area contributed by atoms with Gasteiger partial charge in [0, 0.05) is 11.4 Å². The summed E-state index contributed by atoms with van der Waals surface area (Å²) in [4.78, 5) is 10.6. The van der Waals surface area contributed by atoms with E-state index in [4.69, 9.17) is 9.97 Å². The first-order valence-electron chi connectivity index (χ1n) is 7.47. The molecule has 0 bridgehead atoms. The number of hydrogen-bond acceptors (Lipinski definition) is 4. The Bertz CT molecular complexity index is 746. The lowest BCUT2D eigenvalue weighted by Gasteiger charge is -2.15. The number of rotatable bonds is 3. The SMILES string of the molecule is c1csc(-c2nc(NC3CCCC3)c3ccccc3n2)c1. The Morgan fingerprint density at radius 3 is 2.67 bits per heavy atom. The minimum atomic E-state index is 0.555. The van der Waals surface area contributed by atoms with Crippen LogP contribution in [0, 0.1) is 0 Å². The molecule has 3 nitrogen and oxygen atoms in total. The Kier molecular flexibility index (Phi) is 3.31. The number of nitrogens with zero attached hydrogens (tertiary/aromatic N) is 2. The lowest BCUT2D eigenvalue weighted by molar-refractivity contribution is 0.752. The Morgan fingerprint density at radius 2 is 1.86 bits per heavy atom. The highest BCUT2D eigenvalue weighted by atomic mass is 32.1. The van der Waals surface area contributed by atoms with E-state index >= 15 is 0 Å². The van der Waals surface area contributed by atoms with Crippen LogP contribution in [-0.4, -0.2) is 16.0 Å². The molecule has 0 amide bonds. The van der Waals surface area contributed by atoms with Crippen molar-refractivity contribution in [1.29, 1.82) is 0 Å². The number of thiophene rings is 1. The average molecular weight is 295 g/mol. The molecule has 0 atom stereocenters. The molecule has 0 radical (unpaired) electrons. The molecule has 2 aromatic heterocycles.